The Balaban J connectivity index is 2.05. The third-order valence-electron chi connectivity index (χ3n) is 4.73. The molecule has 10 heteroatoms. The maximum Gasteiger partial charge on any atom is 0.311 e. The van der Waals surface area contributed by atoms with Crippen molar-refractivity contribution in [2.24, 2.45) is 5.92 Å². The quantitative estimate of drug-likeness (QED) is 0.366. The van der Waals surface area contributed by atoms with E-state index in [-0.39, 0.29) is 23.5 Å². The highest BCUT2D eigenvalue weighted by Gasteiger charge is 2.24. The van der Waals surface area contributed by atoms with Crippen LogP contribution in [0.3, 0.4) is 0 Å². The molecular formula is C21H28N4O6. The third-order valence-corrected chi connectivity index (χ3v) is 4.73. The maximum absolute atomic E-state index is 12.4. The van der Waals surface area contributed by atoms with Crippen LogP contribution in [0.15, 0.2) is 18.2 Å². The van der Waals surface area contributed by atoms with Crippen molar-refractivity contribution in [1.29, 1.82) is 0 Å². The van der Waals surface area contributed by atoms with Crippen LogP contribution in [-0.2, 0) is 27.3 Å². The van der Waals surface area contributed by atoms with Gasteiger partial charge in [-0.1, -0.05) is 13.8 Å². The van der Waals surface area contributed by atoms with Gasteiger partial charge in [-0.25, -0.2) is 0 Å². The summed E-state index contributed by atoms with van der Waals surface area (Å²) in [5.41, 5.74) is 2.05. The van der Waals surface area contributed by atoms with Crippen molar-refractivity contribution in [3.8, 4) is 5.75 Å². The van der Waals surface area contributed by atoms with E-state index in [1.807, 2.05) is 18.5 Å². The monoisotopic (exact) mass is 432 g/mol. The highest BCUT2D eigenvalue weighted by molar-refractivity contribution is 5.97. The van der Waals surface area contributed by atoms with Gasteiger partial charge in [-0.2, -0.15) is 5.10 Å². The number of esters is 1. The van der Waals surface area contributed by atoms with E-state index in [0.29, 0.717) is 5.92 Å². The van der Waals surface area contributed by atoms with E-state index in [9.17, 15) is 19.7 Å². The molecule has 1 amide bonds. The second-order valence-electron chi connectivity index (χ2n) is 7.66. The number of nitro benzene ring substituents is 1. The van der Waals surface area contributed by atoms with Crippen LogP contribution in [0.2, 0.25) is 0 Å². The first-order chi connectivity index (χ1) is 14.5. The molecule has 2 aromatic rings. The van der Waals surface area contributed by atoms with Crippen LogP contribution in [-0.4, -0.2) is 39.8 Å². The van der Waals surface area contributed by atoms with Gasteiger partial charge in [-0.3, -0.25) is 24.4 Å². The van der Waals surface area contributed by atoms with Crippen LogP contribution in [0.1, 0.15) is 37.7 Å². The first kappa shape index (κ1) is 23.8. The number of carbonyl (C=O) groups excluding carboxylic acids is 2. The van der Waals surface area contributed by atoms with E-state index in [0.717, 1.165) is 23.5 Å². The molecule has 1 heterocycles. The zero-order chi connectivity index (χ0) is 23.3. The number of methoxy groups -OCH3 is 1. The van der Waals surface area contributed by atoms with Gasteiger partial charge in [0.1, 0.15) is 11.4 Å². The highest BCUT2D eigenvalue weighted by atomic mass is 16.6. The summed E-state index contributed by atoms with van der Waals surface area (Å²) in [4.78, 5) is 35.5. The number of carbonyl (C=O) groups is 2. The van der Waals surface area contributed by atoms with Crippen molar-refractivity contribution >= 4 is 23.3 Å². The van der Waals surface area contributed by atoms with E-state index in [1.165, 1.54) is 32.2 Å². The van der Waals surface area contributed by atoms with Gasteiger partial charge in [0.05, 0.1) is 30.2 Å². The SMILES string of the molecule is COc1ccc(NC(=O)C(C)OC(=O)Cc2c(C)nn(CC(C)C)c2C)c([N+](=O)[O-])c1. The smallest absolute Gasteiger partial charge is 0.311 e. The Morgan fingerprint density at radius 1 is 1.26 bits per heavy atom. The zero-order valence-corrected chi connectivity index (χ0v) is 18.6. The minimum Gasteiger partial charge on any atom is -0.496 e. The van der Waals surface area contributed by atoms with Crippen molar-refractivity contribution in [1.82, 2.24) is 9.78 Å². The first-order valence-electron chi connectivity index (χ1n) is 9.89. The lowest BCUT2D eigenvalue weighted by Gasteiger charge is -2.14. The summed E-state index contributed by atoms with van der Waals surface area (Å²) in [6.07, 6.45) is -1.16. The normalized spacial score (nSPS) is 11.8. The van der Waals surface area contributed by atoms with Crippen LogP contribution >= 0.6 is 0 Å². The fraction of sp³-hybridized carbons (Fsp3) is 0.476. The molecule has 0 aliphatic carbocycles. The second kappa shape index (κ2) is 10.1. The molecule has 0 aliphatic heterocycles. The minimum absolute atomic E-state index is 0.0136. The number of rotatable bonds is 9. The van der Waals surface area contributed by atoms with E-state index in [1.54, 1.807) is 0 Å². The highest BCUT2D eigenvalue weighted by Crippen LogP contribution is 2.29. The summed E-state index contributed by atoms with van der Waals surface area (Å²) in [5.74, 6) is -0.566. The number of nitro groups is 1. The number of hydrogen-bond donors (Lipinski definition) is 1. The van der Waals surface area contributed by atoms with Gasteiger partial charge in [-0.05, 0) is 38.8 Å². The van der Waals surface area contributed by atoms with Gasteiger partial charge in [0, 0.05) is 17.8 Å². The molecule has 0 bridgehead atoms. The molecule has 1 atom stereocenters. The minimum atomic E-state index is -1.14. The van der Waals surface area contributed by atoms with Crippen molar-refractivity contribution in [3.05, 3.63) is 45.3 Å². The van der Waals surface area contributed by atoms with Crippen LogP contribution in [0, 0.1) is 29.9 Å². The zero-order valence-electron chi connectivity index (χ0n) is 18.6. The number of anilines is 1. The molecule has 0 saturated carbocycles. The average Bonchev–Trinajstić information content (AvgIpc) is 2.94. The van der Waals surface area contributed by atoms with E-state index >= 15 is 0 Å². The predicted molar refractivity (Wildman–Crippen MR) is 114 cm³/mol. The van der Waals surface area contributed by atoms with Gasteiger partial charge >= 0.3 is 5.97 Å². The Hall–Kier alpha value is -3.43. The molecule has 0 fully saturated rings. The van der Waals surface area contributed by atoms with Gasteiger partial charge in [0.15, 0.2) is 6.10 Å². The molecule has 0 spiro atoms. The van der Waals surface area contributed by atoms with E-state index in [2.05, 4.69) is 24.3 Å². The summed E-state index contributed by atoms with van der Waals surface area (Å²) >= 11 is 0. The lowest BCUT2D eigenvalue weighted by Crippen LogP contribution is -2.30. The standard InChI is InChI=1S/C21H28N4O6/c1-12(2)11-24-14(4)17(13(3)23-24)10-20(26)31-15(5)21(27)22-18-8-7-16(30-6)9-19(18)25(28)29/h7-9,12,15H,10-11H2,1-6H3,(H,22,27). The van der Waals surface area contributed by atoms with Crippen molar-refractivity contribution in [3.63, 3.8) is 0 Å². The maximum atomic E-state index is 12.4. The average molecular weight is 432 g/mol. The number of benzene rings is 1. The number of aromatic nitrogens is 2. The Morgan fingerprint density at radius 3 is 2.52 bits per heavy atom. The van der Waals surface area contributed by atoms with Gasteiger partial charge < -0.3 is 14.8 Å². The topological polar surface area (TPSA) is 126 Å². The van der Waals surface area contributed by atoms with Crippen LogP contribution < -0.4 is 10.1 Å². The molecule has 31 heavy (non-hydrogen) atoms. The van der Waals surface area contributed by atoms with Crippen LogP contribution in [0.4, 0.5) is 11.4 Å². The van der Waals surface area contributed by atoms with Crippen molar-refractivity contribution < 1.29 is 24.0 Å². The van der Waals surface area contributed by atoms with Crippen LogP contribution in [0.25, 0.3) is 0 Å². The molecule has 1 N–H and O–H groups in total. The van der Waals surface area contributed by atoms with E-state index < -0.39 is 22.9 Å². The molecule has 0 radical (unpaired) electrons. The Bertz CT molecular complexity index is 982. The summed E-state index contributed by atoms with van der Waals surface area (Å²) in [6, 6.07) is 4.05. The summed E-state index contributed by atoms with van der Waals surface area (Å²) in [7, 11) is 1.38. The Kier molecular flexibility index (Phi) is 7.73. The largest absolute Gasteiger partial charge is 0.496 e. The second-order valence-corrected chi connectivity index (χ2v) is 7.66. The number of amides is 1. The predicted octanol–water partition coefficient (Wildman–Crippen LogP) is 3.19. The number of hydrogen-bond acceptors (Lipinski definition) is 7. The summed E-state index contributed by atoms with van der Waals surface area (Å²) in [5, 5.41) is 18.2. The van der Waals surface area contributed by atoms with Crippen molar-refractivity contribution in [2.75, 3.05) is 12.4 Å². The number of ether oxygens (including phenoxy) is 2. The van der Waals surface area contributed by atoms with E-state index in [4.69, 9.17) is 9.47 Å². The van der Waals surface area contributed by atoms with Gasteiger partial charge in [0.25, 0.3) is 11.6 Å². The Morgan fingerprint density at radius 2 is 1.94 bits per heavy atom. The molecular weight excluding hydrogens is 404 g/mol. The molecule has 2 rings (SSSR count). The fourth-order valence-electron chi connectivity index (χ4n) is 3.08. The number of nitrogens with zero attached hydrogens (tertiary/aromatic N) is 3. The first-order valence-corrected chi connectivity index (χ1v) is 9.89. The molecule has 1 unspecified atom stereocenters. The van der Waals surface area contributed by atoms with Crippen molar-refractivity contribution in [2.45, 2.75) is 53.7 Å². The Labute approximate surface area is 180 Å². The third kappa shape index (κ3) is 6.03. The van der Waals surface area contributed by atoms with Crippen LogP contribution in [0.5, 0.6) is 5.75 Å². The molecule has 1 aromatic carbocycles. The summed E-state index contributed by atoms with van der Waals surface area (Å²) in [6.45, 7) is 10.0. The molecule has 0 aliphatic rings. The van der Waals surface area contributed by atoms with Gasteiger partial charge in [-0.15, -0.1) is 0 Å². The number of nitrogens with one attached hydrogen (secondary N) is 1. The molecule has 168 valence electrons. The molecule has 10 nitrogen and oxygen atoms in total. The number of aryl methyl sites for hydroxylation is 1. The lowest BCUT2D eigenvalue weighted by molar-refractivity contribution is -0.384. The lowest BCUT2D eigenvalue weighted by atomic mass is 10.1. The fourth-order valence-corrected chi connectivity index (χ4v) is 3.08. The van der Waals surface area contributed by atoms with Gasteiger partial charge in [0.2, 0.25) is 0 Å². The molecule has 1 aromatic heterocycles. The summed E-state index contributed by atoms with van der Waals surface area (Å²) < 4.78 is 12.1. The molecule has 0 saturated heterocycles.